The van der Waals surface area contributed by atoms with Gasteiger partial charge in [-0.15, -0.1) is 0 Å². The van der Waals surface area contributed by atoms with Gasteiger partial charge in [-0.1, -0.05) is 25.1 Å². The molecule has 4 heteroatoms. The Morgan fingerprint density at radius 2 is 2.00 bits per heavy atom. The Morgan fingerprint density at radius 3 is 2.75 bits per heavy atom. The van der Waals surface area contributed by atoms with Gasteiger partial charge in [-0.3, -0.25) is 0 Å². The molecule has 0 aliphatic carbocycles. The minimum Gasteiger partial charge on any atom is -0.459 e. The van der Waals surface area contributed by atoms with Crippen molar-refractivity contribution in [1.82, 2.24) is 10.2 Å². The van der Waals surface area contributed by atoms with Gasteiger partial charge in [-0.2, -0.15) is 10.2 Å². The number of furan rings is 1. The standard InChI is InChI=1S/C16H17N3O/c1-3-13-12(8-10(2)18-19-13)16(17)15-9-11-6-4-5-7-14(11)20-15/h4-9,16H,3,17H2,1-2H3. The summed E-state index contributed by atoms with van der Waals surface area (Å²) in [6.45, 7) is 3.97. The second kappa shape index (κ2) is 5.06. The topological polar surface area (TPSA) is 64.9 Å². The van der Waals surface area contributed by atoms with Gasteiger partial charge in [0.05, 0.1) is 17.4 Å². The first-order valence-electron chi connectivity index (χ1n) is 6.76. The highest BCUT2D eigenvalue weighted by atomic mass is 16.3. The van der Waals surface area contributed by atoms with E-state index in [-0.39, 0.29) is 6.04 Å². The molecule has 1 atom stereocenters. The van der Waals surface area contributed by atoms with Crippen LogP contribution in [0.1, 0.15) is 35.7 Å². The van der Waals surface area contributed by atoms with Crippen LogP contribution in [0.3, 0.4) is 0 Å². The van der Waals surface area contributed by atoms with Crippen molar-refractivity contribution in [1.29, 1.82) is 0 Å². The fraction of sp³-hybridized carbons (Fsp3) is 0.250. The summed E-state index contributed by atoms with van der Waals surface area (Å²) in [5.74, 6) is 0.758. The van der Waals surface area contributed by atoms with E-state index in [1.807, 2.05) is 50.2 Å². The fourth-order valence-corrected chi connectivity index (χ4v) is 2.39. The summed E-state index contributed by atoms with van der Waals surface area (Å²) >= 11 is 0. The van der Waals surface area contributed by atoms with Gasteiger partial charge >= 0.3 is 0 Å². The van der Waals surface area contributed by atoms with E-state index in [4.69, 9.17) is 10.2 Å². The molecule has 3 rings (SSSR count). The van der Waals surface area contributed by atoms with E-state index < -0.39 is 0 Å². The molecule has 1 unspecified atom stereocenters. The number of nitrogens with zero attached hydrogens (tertiary/aromatic N) is 2. The van der Waals surface area contributed by atoms with Gasteiger partial charge in [-0.05, 0) is 31.5 Å². The summed E-state index contributed by atoms with van der Waals surface area (Å²) < 4.78 is 5.85. The molecule has 20 heavy (non-hydrogen) atoms. The molecule has 1 aromatic carbocycles. The third-order valence-electron chi connectivity index (χ3n) is 3.45. The van der Waals surface area contributed by atoms with E-state index in [0.717, 1.165) is 40.1 Å². The van der Waals surface area contributed by atoms with Crippen molar-refractivity contribution in [3.8, 4) is 0 Å². The molecule has 0 aliphatic heterocycles. The smallest absolute Gasteiger partial charge is 0.134 e. The van der Waals surface area contributed by atoms with E-state index in [1.54, 1.807) is 0 Å². The molecule has 0 radical (unpaired) electrons. The van der Waals surface area contributed by atoms with Crippen molar-refractivity contribution in [2.45, 2.75) is 26.3 Å². The average molecular weight is 267 g/mol. The quantitative estimate of drug-likeness (QED) is 0.791. The van der Waals surface area contributed by atoms with Crippen LogP contribution in [-0.2, 0) is 6.42 Å². The Morgan fingerprint density at radius 1 is 1.20 bits per heavy atom. The number of rotatable bonds is 3. The lowest BCUT2D eigenvalue weighted by Crippen LogP contribution is -2.15. The summed E-state index contributed by atoms with van der Waals surface area (Å²) in [7, 11) is 0. The van der Waals surface area contributed by atoms with Crippen LogP contribution in [0.25, 0.3) is 11.0 Å². The van der Waals surface area contributed by atoms with Crippen LogP contribution in [0, 0.1) is 6.92 Å². The lowest BCUT2D eigenvalue weighted by Gasteiger charge is -2.12. The molecule has 4 nitrogen and oxygen atoms in total. The number of nitrogens with two attached hydrogens (primary N) is 1. The predicted molar refractivity (Wildman–Crippen MR) is 78.4 cm³/mol. The Labute approximate surface area is 117 Å². The summed E-state index contributed by atoms with van der Waals surface area (Å²) in [5.41, 5.74) is 9.99. The number of hydrogen-bond donors (Lipinski definition) is 1. The fourth-order valence-electron chi connectivity index (χ4n) is 2.39. The molecule has 0 amide bonds. The first-order chi connectivity index (χ1) is 9.69. The van der Waals surface area contributed by atoms with Gasteiger partial charge in [0.15, 0.2) is 0 Å². The highest BCUT2D eigenvalue weighted by molar-refractivity contribution is 5.77. The number of hydrogen-bond acceptors (Lipinski definition) is 4. The zero-order valence-corrected chi connectivity index (χ0v) is 11.6. The molecule has 0 fully saturated rings. The average Bonchev–Trinajstić information content (AvgIpc) is 2.90. The minimum atomic E-state index is -0.313. The highest BCUT2D eigenvalue weighted by Gasteiger charge is 2.18. The zero-order valence-electron chi connectivity index (χ0n) is 11.6. The van der Waals surface area contributed by atoms with Gasteiger partial charge in [0, 0.05) is 10.9 Å². The maximum atomic E-state index is 6.36. The maximum absolute atomic E-state index is 6.36. The Hall–Kier alpha value is -2.20. The number of benzene rings is 1. The minimum absolute atomic E-state index is 0.313. The van der Waals surface area contributed by atoms with Crippen LogP contribution < -0.4 is 5.73 Å². The molecular formula is C16H17N3O. The van der Waals surface area contributed by atoms with Gasteiger partial charge in [0.25, 0.3) is 0 Å². The van der Waals surface area contributed by atoms with E-state index in [2.05, 4.69) is 10.2 Å². The summed E-state index contributed by atoms with van der Waals surface area (Å²) in [6, 6.07) is 11.6. The second-order valence-electron chi connectivity index (χ2n) is 4.91. The van der Waals surface area contributed by atoms with Crippen molar-refractivity contribution in [2.75, 3.05) is 0 Å². The lowest BCUT2D eigenvalue weighted by atomic mass is 10.0. The van der Waals surface area contributed by atoms with E-state index in [1.165, 1.54) is 0 Å². The van der Waals surface area contributed by atoms with Crippen LogP contribution in [-0.4, -0.2) is 10.2 Å². The van der Waals surface area contributed by atoms with E-state index >= 15 is 0 Å². The predicted octanol–water partition coefficient (Wildman–Crippen LogP) is 3.14. The molecule has 0 saturated carbocycles. The van der Waals surface area contributed by atoms with E-state index in [0.29, 0.717) is 0 Å². The van der Waals surface area contributed by atoms with Crippen molar-refractivity contribution >= 4 is 11.0 Å². The SMILES string of the molecule is CCc1nnc(C)cc1C(N)c1cc2ccccc2o1. The molecule has 0 saturated heterocycles. The Bertz CT molecular complexity index is 715. The molecule has 3 aromatic rings. The third kappa shape index (κ3) is 2.18. The van der Waals surface area contributed by atoms with Crippen molar-refractivity contribution in [3.63, 3.8) is 0 Å². The Balaban J connectivity index is 2.07. The Kier molecular flexibility index (Phi) is 3.24. The first-order valence-corrected chi connectivity index (χ1v) is 6.76. The largest absolute Gasteiger partial charge is 0.459 e. The third-order valence-corrected chi connectivity index (χ3v) is 3.45. The molecule has 0 bridgehead atoms. The van der Waals surface area contributed by atoms with Crippen molar-refractivity contribution in [2.24, 2.45) is 5.73 Å². The second-order valence-corrected chi connectivity index (χ2v) is 4.91. The molecule has 2 aromatic heterocycles. The maximum Gasteiger partial charge on any atom is 0.134 e. The molecule has 2 heterocycles. The molecule has 2 N–H and O–H groups in total. The van der Waals surface area contributed by atoms with Gasteiger partial charge < -0.3 is 10.2 Å². The molecule has 102 valence electrons. The van der Waals surface area contributed by atoms with Crippen molar-refractivity contribution in [3.05, 3.63) is 59.1 Å². The lowest BCUT2D eigenvalue weighted by molar-refractivity contribution is 0.522. The highest BCUT2D eigenvalue weighted by Crippen LogP contribution is 2.28. The number of para-hydroxylation sites is 1. The van der Waals surface area contributed by atoms with Crippen LogP contribution >= 0.6 is 0 Å². The van der Waals surface area contributed by atoms with Crippen molar-refractivity contribution < 1.29 is 4.42 Å². The van der Waals surface area contributed by atoms with Crippen LogP contribution in [0.2, 0.25) is 0 Å². The molecule has 0 spiro atoms. The van der Waals surface area contributed by atoms with Gasteiger partial charge in [-0.25, -0.2) is 0 Å². The van der Waals surface area contributed by atoms with Gasteiger partial charge in [0.2, 0.25) is 0 Å². The van der Waals surface area contributed by atoms with E-state index in [9.17, 15) is 0 Å². The molecular weight excluding hydrogens is 250 g/mol. The number of aryl methyl sites for hydroxylation is 2. The van der Waals surface area contributed by atoms with Crippen LogP contribution in [0.5, 0.6) is 0 Å². The summed E-state index contributed by atoms with van der Waals surface area (Å²) in [6.07, 6.45) is 0.802. The normalized spacial score (nSPS) is 12.8. The number of fused-ring (bicyclic) bond motifs is 1. The molecule has 0 aliphatic rings. The van der Waals surface area contributed by atoms with Crippen LogP contribution in [0.4, 0.5) is 0 Å². The summed E-state index contributed by atoms with van der Waals surface area (Å²) in [4.78, 5) is 0. The van der Waals surface area contributed by atoms with Crippen LogP contribution in [0.15, 0.2) is 40.8 Å². The number of aromatic nitrogens is 2. The zero-order chi connectivity index (χ0) is 14.1. The first kappa shape index (κ1) is 12.8. The summed E-state index contributed by atoms with van der Waals surface area (Å²) in [5, 5.41) is 9.38. The van der Waals surface area contributed by atoms with Gasteiger partial charge in [0.1, 0.15) is 11.3 Å². The monoisotopic (exact) mass is 267 g/mol.